The Labute approximate surface area is 111 Å². The maximum atomic E-state index is 11.6. The van der Waals surface area contributed by atoms with E-state index in [1.165, 1.54) is 10.7 Å². The van der Waals surface area contributed by atoms with Crippen molar-refractivity contribution in [2.75, 3.05) is 14.2 Å². The maximum Gasteiger partial charge on any atom is 0.266 e. The summed E-state index contributed by atoms with van der Waals surface area (Å²) in [5, 5.41) is 4.31. The van der Waals surface area contributed by atoms with Crippen LogP contribution in [0.1, 0.15) is 6.92 Å². The zero-order valence-corrected chi connectivity index (χ0v) is 11.2. The average molecular weight is 260 g/mol. The van der Waals surface area contributed by atoms with Gasteiger partial charge in [-0.15, -0.1) is 0 Å². The highest BCUT2D eigenvalue weighted by Gasteiger charge is 2.10. The quantitative estimate of drug-likeness (QED) is 0.843. The highest BCUT2D eigenvalue weighted by molar-refractivity contribution is 5.68. The number of benzene rings is 1. The van der Waals surface area contributed by atoms with Crippen molar-refractivity contribution in [1.29, 1.82) is 0 Å². The van der Waals surface area contributed by atoms with E-state index in [4.69, 9.17) is 9.47 Å². The number of methoxy groups -OCH3 is 2. The summed E-state index contributed by atoms with van der Waals surface area (Å²) in [4.78, 5) is 11.6. The summed E-state index contributed by atoms with van der Waals surface area (Å²) in [6.45, 7) is 2.40. The molecular weight excluding hydrogens is 244 g/mol. The molecule has 1 heterocycles. The van der Waals surface area contributed by atoms with E-state index in [1.807, 2.05) is 25.1 Å². The lowest BCUT2D eigenvalue weighted by Crippen LogP contribution is -2.21. The van der Waals surface area contributed by atoms with Crippen LogP contribution in [0, 0.1) is 0 Å². The molecule has 1 aromatic carbocycles. The maximum absolute atomic E-state index is 11.6. The number of nitrogens with zero attached hydrogens (tertiary/aromatic N) is 2. The van der Waals surface area contributed by atoms with E-state index in [1.54, 1.807) is 20.3 Å². The van der Waals surface area contributed by atoms with Gasteiger partial charge in [0, 0.05) is 18.2 Å². The summed E-state index contributed by atoms with van der Waals surface area (Å²) in [6.07, 6.45) is 0. The van der Waals surface area contributed by atoms with Gasteiger partial charge in [0.1, 0.15) is 11.5 Å². The molecule has 0 aliphatic carbocycles. The second kappa shape index (κ2) is 5.56. The second-order valence-electron chi connectivity index (χ2n) is 3.94. The third-order valence-electron chi connectivity index (χ3n) is 2.85. The molecule has 19 heavy (non-hydrogen) atoms. The molecule has 2 rings (SSSR count). The first-order valence-electron chi connectivity index (χ1n) is 6.00. The minimum absolute atomic E-state index is 0.117. The lowest BCUT2D eigenvalue weighted by Gasteiger charge is -2.11. The fourth-order valence-electron chi connectivity index (χ4n) is 1.83. The van der Waals surface area contributed by atoms with Gasteiger partial charge >= 0.3 is 0 Å². The van der Waals surface area contributed by atoms with Gasteiger partial charge in [0.25, 0.3) is 5.56 Å². The molecule has 0 N–H and O–H groups in total. The summed E-state index contributed by atoms with van der Waals surface area (Å²) < 4.78 is 11.9. The standard InChI is InChI=1S/C14H16N2O3/c1-4-16-14(17)8-6-12(15-16)11-9-10(18-2)5-7-13(11)19-3/h5-9H,4H2,1-3H3. The van der Waals surface area contributed by atoms with Gasteiger partial charge in [0.05, 0.1) is 19.9 Å². The van der Waals surface area contributed by atoms with Gasteiger partial charge in [-0.1, -0.05) is 0 Å². The Morgan fingerprint density at radius 1 is 1.16 bits per heavy atom. The van der Waals surface area contributed by atoms with Gasteiger partial charge in [-0.3, -0.25) is 4.79 Å². The first-order chi connectivity index (χ1) is 9.19. The average Bonchev–Trinajstić information content (AvgIpc) is 2.47. The number of aromatic nitrogens is 2. The van der Waals surface area contributed by atoms with Gasteiger partial charge in [0.2, 0.25) is 0 Å². The van der Waals surface area contributed by atoms with E-state index in [0.717, 1.165) is 5.56 Å². The summed E-state index contributed by atoms with van der Waals surface area (Å²) in [5.41, 5.74) is 1.36. The largest absolute Gasteiger partial charge is 0.497 e. The smallest absolute Gasteiger partial charge is 0.266 e. The molecule has 2 aromatic rings. The van der Waals surface area contributed by atoms with Crippen molar-refractivity contribution >= 4 is 0 Å². The van der Waals surface area contributed by atoms with Crippen molar-refractivity contribution in [3.8, 4) is 22.8 Å². The normalized spacial score (nSPS) is 10.3. The molecule has 0 radical (unpaired) electrons. The van der Waals surface area contributed by atoms with Crippen molar-refractivity contribution in [2.45, 2.75) is 13.5 Å². The Kier molecular flexibility index (Phi) is 3.85. The van der Waals surface area contributed by atoms with Crippen LogP contribution in [0.2, 0.25) is 0 Å². The third kappa shape index (κ3) is 2.59. The molecule has 0 saturated heterocycles. The topological polar surface area (TPSA) is 53.4 Å². The predicted molar refractivity (Wildman–Crippen MR) is 72.7 cm³/mol. The lowest BCUT2D eigenvalue weighted by atomic mass is 10.1. The Morgan fingerprint density at radius 2 is 1.95 bits per heavy atom. The Bertz CT molecular complexity index is 635. The first-order valence-corrected chi connectivity index (χ1v) is 6.00. The first kappa shape index (κ1) is 13.1. The van der Waals surface area contributed by atoms with E-state index in [0.29, 0.717) is 23.7 Å². The fourth-order valence-corrected chi connectivity index (χ4v) is 1.83. The van der Waals surface area contributed by atoms with Crippen LogP contribution in [0.3, 0.4) is 0 Å². The minimum Gasteiger partial charge on any atom is -0.497 e. The van der Waals surface area contributed by atoms with Crippen molar-refractivity contribution in [3.63, 3.8) is 0 Å². The number of rotatable bonds is 4. The molecule has 100 valence electrons. The second-order valence-corrected chi connectivity index (χ2v) is 3.94. The highest BCUT2D eigenvalue weighted by Crippen LogP contribution is 2.31. The molecule has 0 aliphatic heterocycles. The van der Waals surface area contributed by atoms with Crippen LogP contribution in [-0.4, -0.2) is 24.0 Å². The van der Waals surface area contributed by atoms with Gasteiger partial charge in [-0.2, -0.15) is 5.10 Å². The molecule has 0 atom stereocenters. The van der Waals surface area contributed by atoms with Crippen LogP contribution < -0.4 is 15.0 Å². The molecule has 0 fully saturated rings. The van der Waals surface area contributed by atoms with Crippen LogP contribution in [0.15, 0.2) is 35.1 Å². The number of hydrogen-bond donors (Lipinski definition) is 0. The van der Waals surface area contributed by atoms with Crippen LogP contribution in [-0.2, 0) is 6.54 Å². The number of hydrogen-bond acceptors (Lipinski definition) is 4. The molecule has 0 amide bonds. The van der Waals surface area contributed by atoms with E-state index in [9.17, 15) is 4.79 Å². The van der Waals surface area contributed by atoms with E-state index in [2.05, 4.69) is 5.10 Å². The Balaban J connectivity index is 2.59. The summed E-state index contributed by atoms with van der Waals surface area (Å²) in [6, 6.07) is 8.66. The summed E-state index contributed by atoms with van der Waals surface area (Å²) in [7, 11) is 3.20. The lowest BCUT2D eigenvalue weighted by molar-refractivity contribution is 0.404. The molecule has 0 bridgehead atoms. The molecule has 0 saturated carbocycles. The van der Waals surface area contributed by atoms with Gasteiger partial charge in [-0.05, 0) is 31.2 Å². The monoisotopic (exact) mass is 260 g/mol. The molecular formula is C14H16N2O3. The number of ether oxygens (including phenoxy) is 2. The van der Waals surface area contributed by atoms with Gasteiger partial charge in [0.15, 0.2) is 0 Å². The molecule has 5 nitrogen and oxygen atoms in total. The fraction of sp³-hybridized carbons (Fsp3) is 0.286. The highest BCUT2D eigenvalue weighted by atomic mass is 16.5. The predicted octanol–water partition coefficient (Wildman–Crippen LogP) is 1.95. The van der Waals surface area contributed by atoms with Gasteiger partial charge in [-0.25, -0.2) is 4.68 Å². The van der Waals surface area contributed by atoms with Gasteiger partial charge < -0.3 is 9.47 Å². The summed E-state index contributed by atoms with van der Waals surface area (Å²) in [5.74, 6) is 1.40. The van der Waals surface area contributed by atoms with Crippen LogP contribution in [0.4, 0.5) is 0 Å². The Hall–Kier alpha value is -2.30. The molecule has 0 aliphatic rings. The van der Waals surface area contributed by atoms with E-state index in [-0.39, 0.29) is 5.56 Å². The van der Waals surface area contributed by atoms with Crippen molar-refractivity contribution in [1.82, 2.24) is 9.78 Å². The number of aryl methyl sites for hydroxylation is 1. The van der Waals surface area contributed by atoms with Crippen molar-refractivity contribution < 1.29 is 9.47 Å². The summed E-state index contributed by atoms with van der Waals surface area (Å²) >= 11 is 0. The minimum atomic E-state index is -0.117. The SMILES string of the molecule is CCn1nc(-c2cc(OC)ccc2OC)ccc1=O. The molecule has 5 heteroatoms. The van der Waals surface area contributed by atoms with E-state index < -0.39 is 0 Å². The van der Waals surface area contributed by atoms with E-state index >= 15 is 0 Å². The van der Waals surface area contributed by atoms with Crippen LogP contribution >= 0.6 is 0 Å². The van der Waals surface area contributed by atoms with Crippen molar-refractivity contribution in [3.05, 3.63) is 40.7 Å². The van der Waals surface area contributed by atoms with Crippen LogP contribution in [0.25, 0.3) is 11.3 Å². The van der Waals surface area contributed by atoms with Crippen LogP contribution in [0.5, 0.6) is 11.5 Å². The molecule has 0 unspecified atom stereocenters. The molecule has 0 spiro atoms. The zero-order chi connectivity index (χ0) is 13.8. The third-order valence-corrected chi connectivity index (χ3v) is 2.85. The zero-order valence-electron chi connectivity index (χ0n) is 11.2. The molecule has 1 aromatic heterocycles. The van der Waals surface area contributed by atoms with Crippen molar-refractivity contribution in [2.24, 2.45) is 0 Å². The Morgan fingerprint density at radius 3 is 2.58 bits per heavy atom.